The number of hydrogen-bond acceptors (Lipinski definition) is 3. The van der Waals surface area contributed by atoms with Crippen LogP contribution in [0.4, 0.5) is 0 Å². The van der Waals surface area contributed by atoms with E-state index in [1.165, 1.54) is 21.6 Å². The summed E-state index contributed by atoms with van der Waals surface area (Å²) in [5.74, 6) is 0.907. The van der Waals surface area contributed by atoms with E-state index in [1.807, 2.05) is 6.07 Å². The fourth-order valence-corrected chi connectivity index (χ4v) is 3.23. The van der Waals surface area contributed by atoms with Crippen molar-refractivity contribution in [2.45, 2.75) is 24.8 Å². The normalized spacial score (nSPS) is 12.2. The van der Waals surface area contributed by atoms with Gasteiger partial charge in [0.05, 0.1) is 13.2 Å². The summed E-state index contributed by atoms with van der Waals surface area (Å²) in [5.41, 5.74) is 3.88. The zero-order valence-corrected chi connectivity index (χ0v) is 14.0. The largest absolute Gasteiger partial charge is 0.497 e. The first kappa shape index (κ1) is 15.9. The number of rotatable bonds is 6. The van der Waals surface area contributed by atoms with Crippen LogP contribution in [0.1, 0.15) is 29.7 Å². The Labute approximate surface area is 131 Å². The highest BCUT2D eigenvalue weighted by Crippen LogP contribution is 2.32. The van der Waals surface area contributed by atoms with Crippen molar-refractivity contribution < 1.29 is 4.74 Å². The fourth-order valence-electron chi connectivity index (χ4n) is 2.60. The fraction of sp³-hybridized carbons (Fsp3) is 0.333. The predicted octanol–water partition coefficient (Wildman–Crippen LogP) is 4.42. The van der Waals surface area contributed by atoms with Gasteiger partial charge in [0.2, 0.25) is 0 Å². The van der Waals surface area contributed by atoms with Crippen LogP contribution >= 0.6 is 11.8 Å². The van der Waals surface area contributed by atoms with Crippen molar-refractivity contribution in [2.75, 3.05) is 19.9 Å². The van der Waals surface area contributed by atoms with E-state index in [-0.39, 0.29) is 6.04 Å². The van der Waals surface area contributed by atoms with E-state index in [9.17, 15) is 0 Å². The van der Waals surface area contributed by atoms with Crippen LogP contribution in [0.3, 0.4) is 0 Å². The standard InChI is InChI=1S/C18H23NOS/c1-5-19-18(16-8-6-7-9-17(16)21-4)15-11-10-14(20-3)12-13(15)2/h6-12,18-19H,5H2,1-4H3. The first-order valence-corrected chi connectivity index (χ1v) is 8.44. The quantitative estimate of drug-likeness (QED) is 0.798. The molecule has 0 heterocycles. The first-order chi connectivity index (χ1) is 10.2. The molecule has 0 aromatic heterocycles. The molecule has 0 aliphatic rings. The minimum Gasteiger partial charge on any atom is -0.497 e. The van der Waals surface area contributed by atoms with E-state index >= 15 is 0 Å². The van der Waals surface area contributed by atoms with Gasteiger partial charge in [-0.25, -0.2) is 0 Å². The van der Waals surface area contributed by atoms with E-state index < -0.39 is 0 Å². The summed E-state index contributed by atoms with van der Waals surface area (Å²) in [6.07, 6.45) is 2.13. The van der Waals surface area contributed by atoms with Gasteiger partial charge in [-0.2, -0.15) is 0 Å². The molecule has 0 saturated heterocycles. The Kier molecular flexibility index (Phi) is 5.71. The molecule has 0 amide bonds. The van der Waals surface area contributed by atoms with Gasteiger partial charge in [0, 0.05) is 4.90 Å². The molecule has 0 radical (unpaired) electrons. The third-order valence-corrected chi connectivity index (χ3v) is 4.46. The minimum absolute atomic E-state index is 0.213. The molecule has 1 N–H and O–H groups in total. The number of hydrogen-bond donors (Lipinski definition) is 1. The summed E-state index contributed by atoms with van der Waals surface area (Å²) in [7, 11) is 1.71. The lowest BCUT2D eigenvalue weighted by Crippen LogP contribution is -2.23. The van der Waals surface area contributed by atoms with Gasteiger partial charge in [-0.3, -0.25) is 0 Å². The summed E-state index contributed by atoms with van der Waals surface area (Å²) < 4.78 is 5.32. The molecule has 21 heavy (non-hydrogen) atoms. The van der Waals surface area contributed by atoms with Crippen molar-refractivity contribution in [3.8, 4) is 5.75 Å². The molecular formula is C18H23NOS. The number of nitrogens with one attached hydrogen (secondary N) is 1. The lowest BCUT2D eigenvalue weighted by atomic mass is 9.94. The van der Waals surface area contributed by atoms with E-state index in [1.54, 1.807) is 18.9 Å². The molecule has 2 aromatic rings. The Morgan fingerprint density at radius 1 is 1.14 bits per heavy atom. The van der Waals surface area contributed by atoms with E-state index in [0.29, 0.717) is 0 Å². The molecule has 112 valence electrons. The average molecular weight is 301 g/mol. The van der Waals surface area contributed by atoms with E-state index in [4.69, 9.17) is 4.74 Å². The van der Waals surface area contributed by atoms with Crippen molar-refractivity contribution in [1.82, 2.24) is 5.32 Å². The lowest BCUT2D eigenvalue weighted by molar-refractivity contribution is 0.414. The third kappa shape index (κ3) is 3.60. The van der Waals surface area contributed by atoms with Crippen LogP contribution in [0, 0.1) is 6.92 Å². The molecule has 1 atom stereocenters. The molecule has 0 aliphatic carbocycles. The second-order valence-corrected chi connectivity index (χ2v) is 5.80. The maximum atomic E-state index is 5.32. The van der Waals surface area contributed by atoms with Gasteiger partial charge in [0.1, 0.15) is 5.75 Å². The van der Waals surface area contributed by atoms with Crippen molar-refractivity contribution in [3.05, 3.63) is 59.2 Å². The maximum Gasteiger partial charge on any atom is 0.119 e. The molecular weight excluding hydrogens is 278 g/mol. The smallest absolute Gasteiger partial charge is 0.119 e. The summed E-state index contributed by atoms with van der Waals surface area (Å²) in [6, 6.07) is 15.1. The molecule has 0 bridgehead atoms. The highest BCUT2D eigenvalue weighted by atomic mass is 32.2. The number of ether oxygens (including phenoxy) is 1. The van der Waals surface area contributed by atoms with Gasteiger partial charge < -0.3 is 10.1 Å². The molecule has 1 unspecified atom stereocenters. The summed E-state index contributed by atoms with van der Waals surface area (Å²) in [6.45, 7) is 5.22. The van der Waals surface area contributed by atoms with Crippen molar-refractivity contribution in [3.63, 3.8) is 0 Å². The lowest BCUT2D eigenvalue weighted by Gasteiger charge is -2.23. The zero-order chi connectivity index (χ0) is 15.2. The molecule has 0 spiro atoms. The second kappa shape index (κ2) is 7.53. The monoisotopic (exact) mass is 301 g/mol. The van der Waals surface area contributed by atoms with Crippen LogP contribution in [-0.4, -0.2) is 19.9 Å². The highest BCUT2D eigenvalue weighted by molar-refractivity contribution is 7.98. The van der Waals surface area contributed by atoms with Gasteiger partial charge >= 0.3 is 0 Å². The molecule has 0 fully saturated rings. The van der Waals surface area contributed by atoms with Gasteiger partial charge in [0.15, 0.2) is 0 Å². The van der Waals surface area contributed by atoms with Gasteiger partial charge in [-0.05, 0) is 54.6 Å². The van der Waals surface area contributed by atoms with Crippen LogP contribution in [0.2, 0.25) is 0 Å². The topological polar surface area (TPSA) is 21.3 Å². The number of benzene rings is 2. The van der Waals surface area contributed by atoms with Crippen LogP contribution in [-0.2, 0) is 0 Å². The Morgan fingerprint density at radius 2 is 1.90 bits per heavy atom. The van der Waals surface area contributed by atoms with Gasteiger partial charge in [-0.1, -0.05) is 31.2 Å². The van der Waals surface area contributed by atoms with Crippen LogP contribution in [0.25, 0.3) is 0 Å². The second-order valence-electron chi connectivity index (χ2n) is 4.96. The Bertz CT molecular complexity index is 598. The zero-order valence-electron chi connectivity index (χ0n) is 13.1. The van der Waals surface area contributed by atoms with Gasteiger partial charge in [0.25, 0.3) is 0 Å². The Balaban J connectivity index is 2.48. The Morgan fingerprint density at radius 3 is 2.52 bits per heavy atom. The molecule has 3 heteroatoms. The molecule has 0 saturated carbocycles. The van der Waals surface area contributed by atoms with Crippen molar-refractivity contribution >= 4 is 11.8 Å². The molecule has 2 aromatic carbocycles. The number of methoxy groups -OCH3 is 1. The molecule has 0 aliphatic heterocycles. The SMILES string of the molecule is CCNC(c1ccc(OC)cc1C)c1ccccc1SC. The van der Waals surface area contributed by atoms with Gasteiger partial charge in [-0.15, -0.1) is 11.8 Å². The molecule has 2 rings (SSSR count). The number of aryl methyl sites for hydroxylation is 1. The highest BCUT2D eigenvalue weighted by Gasteiger charge is 2.18. The first-order valence-electron chi connectivity index (χ1n) is 7.22. The summed E-state index contributed by atoms with van der Waals surface area (Å²) in [5, 5.41) is 3.61. The Hall–Kier alpha value is -1.45. The van der Waals surface area contributed by atoms with E-state index in [0.717, 1.165) is 12.3 Å². The van der Waals surface area contributed by atoms with Crippen LogP contribution in [0.15, 0.2) is 47.4 Å². The van der Waals surface area contributed by atoms with E-state index in [2.05, 4.69) is 61.8 Å². The summed E-state index contributed by atoms with van der Waals surface area (Å²) >= 11 is 1.79. The third-order valence-electron chi connectivity index (χ3n) is 3.65. The van der Waals surface area contributed by atoms with Crippen molar-refractivity contribution in [2.24, 2.45) is 0 Å². The maximum absolute atomic E-state index is 5.32. The van der Waals surface area contributed by atoms with Crippen molar-refractivity contribution in [1.29, 1.82) is 0 Å². The summed E-state index contributed by atoms with van der Waals surface area (Å²) in [4.78, 5) is 1.32. The average Bonchev–Trinajstić information content (AvgIpc) is 2.53. The van der Waals surface area contributed by atoms with Crippen LogP contribution in [0.5, 0.6) is 5.75 Å². The number of thioether (sulfide) groups is 1. The minimum atomic E-state index is 0.213. The predicted molar refractivity (Wildman–Crippen MR) is 91.5 cm³/mol. The van der Waals surface area contributed by atoms with Crippen LogP contribution < -0.4 is 10.1 Å². The molecule has 2 nitrogen and oxygen atoms in total.